The molecule has 7 heteroatoms. The zero-order valence-electron chi connectivity index (χ0n) is 14.6. The fourth-order valence-electron chi connectivity index (χ4n) is 3.91. The maximum absolute atomic E-state index is 12.5. The Bertz CT molecular complexity index is 1040. The number of carboxylic acids is 1. The summed E-state index contributed by atoms with van der Waals surface area (Å²) >= 11 is 0. The molecule has 26 heavy (non-hydrogen) atoms. The Kier molecular flexibility index (Phi) is 4.14. The summed E-state index contributed by atoms with van der Waals surface area (Å²) in [6, 6.07) is 3.16. The molecule has 3 aromatic rings. The Morgan fingerprint density at radius 3 is 2.77 bits per heavy atom. The Labute approximate surface area is 149 Å². The molecule has 1 aliphatic carbocycles. The fourth-order valence-corrected chi connectivity index (χ4v) is 3.91. The van der Waals surface area contributed by atoms with Crippen LogP contribution in [0.3, 0.4) is 0 Å². The van der Waals surface area contributed by atoms with Gasteiger partial charge in [-0.1, -0.05) is 19.3 Å². The van der Waals surface area contributed by atoms with Crippen LogP contribution in [0.5, 0.6) is 5.75 Å². The topological polar surface area (TPSA) is 96.7 Å². The summed E-state index contributed by atoms with van der Waals surface area (Å²) in [5.41, 5.74) is 1.43. The van der Waals surface area contributed by atoms with E-state index in [1.54, 1.807) is 12.3 Å². The normalized spacial score (nSPS) is 15.6. The highest BCUT2D eigenvalue weighted by Gasteiger charge is 2.23. The van der Waals surface area contributed by atoms with E-state index >= 15 is 0 Å². The van der Waals surface area contributed by atoms with E-state index in [1.807, 2.05) is 11.3 Å². The van der Waals surface area contributed by atoms with E-state index < -0.39 is 5.97 Å². The van der Waals surface area contributed by atoms with E-state index in [-0.39, 0.29) is 11.1 Å². The zero-order valence-corrected chi connectivity index (χ0v) is 14.6. The van der Waals surface area contributed by atoms with Gasteiger partial charge in [0.1, 0.15) is 22.7 Å². The molecule has 0 bridgehead atoms. The third-order valence-electron chi connectivity index (χ3n) is 5.11. The second-order valence-electron chi connectivity index (χ2n) is 6.73. The number of nitrogens with zero attached hydrogens (tertiary/aromatic N) is 2. The van der Waals surface area contributed by atoms with Crippen molar-refractivity contribution in [1.82, 2.24) is 14.4 Å². The van der Waals surface area contributed by atoms with Crippen molar-refractivity contribution < 1.29 is 14.6 Å². The maximum atomic E-state index is 12.5. The van der Waals surface area contributed by atoms with Crippen molar-refractivity contribution in [2.24, 2.45) is 0 Å². The number of aromatic nitrogens is 3. The standard InChI is InChI=1S/C19H21N3O4/c1-2-26-16-9-14-13(8-12(16)19(24)25)21-18(23)15-10-20-17(22(14)15)11-6-4-3-5-7-11/h8-11H,2-7H2,1H3,(H,21,23)(H,24,25). The highest BCUT2D eigenvalue weighted by atomic mass is 16.5. The van der Waals surface area contributed by atoms with Crippen LogP contribution < -0.4 is 10.3 Å². The van der Waals surface area contributed by atoms with Crippen molar-refractivity contribution in [2.45, 2.75) is 44.9 Å². The highest BCUT2D eigenvalue weighted by Crippen LogP contribution is 2.34. The molecule has 0 spiro atoms. The summed E-state index contributed by atoms with van der Waals surface area (Å²) in [5.74, 6) is 0.394. The molecule has 1 aliphatic rings. The predicted molar refractivity (Wildman–Crippen MR) is 97.3 cm³/mol. The largest absolute Gasteiger partial charge is 0.493 e. The number of imidazole rings is 1. The first-order valence-corrected chi connectivity index (χ1v) is 9.03. The number of aromatic carboxylic acids is 1. The Balaban J connectivity index is 2.03. The number of hydrogen-bond donors (Lipinski definition) is 2. The van der Waals surface area contributed by atoms with Crippen molar-refractivity contribution in [3.05, 3.63) is 40.1 Å². The first-order valence-electron chi connectivity index (χ1n) is 9.03. The number of hydrogen-bond acceptors (Lipinski definition) is 4. The van der Waals surface area contributed by atoms with Gasteiger partial charge in [-0.25, -0.2) is 9.78 Å². The summed E-state index contributed by atoms with van der Waals surface area (Å²) in [6.45, 7) is 2.17. The molecule has 2 N–H and O–H groups in total. The van der Waals surface area contributed by atoms with Crippen molar-refractivity contribution in [3.63, 3.8) is 0 Å². The van der Waals surface area contributed by atoms with Gasteiger partial charge in [-0.15, -0.1) is 0 Å². The quantitative estimate of drug-likeness (QED) is 0.748. The van der Waals surface area contributed by atoms with Gasteiger partial charge in [0.2, 0.25) is 0 Å². The molecule has 1 fully saturated rings. The average Bonchev–Trinajstić information content (AvgIpc) is 3.09. The van der Waals surface area contributed by atoms with Crippen LogP contribution >= 0.6 is 0 Å². The lowest BCUT2D eigenvalue weighted by molar-refractivity contribution is 0.0692. The van der Waals surface area contributed by atoms with Gasteiger partial charge >= 0.3 is 5.97 Å². The lowest BCUT2D eigenvalue weighted by Crippen LogP contribution is -2.15. The van der Waals surface area contributed by atoms with Gasteiger partial charge in [0.25, 0.3) is 5.56 Å². The van der Waals surface area contributed by atoms with Crippen LogP contribution in [0.15, 0.2) is 23.1 Å². The lowest BCUT2D eigenvalue weighted by Gasteiger charge is -2.21. The molecule has 2 heterocycles. The monoisotopic (exact) mass is 355 g/mol. The van der Waals surface area contributed by atoms with E-state index in [4.69, 9.17) is 4.74 Å². The molecule has 0 radical (unpaired) electrons. The molecule has 7 nitrogen and oxygen atoms in total. The second kappa shape index (κ2) is 6.48. The molecule has 0 atom stereocenters. The number of benzene rings is 1. The van der Waals surface area contributed by atoms with Crippen LogP contribution in [0.2, 0.25) is 0 Å². The van der Waals surface area contributed by atoms with Gasteiger partial charge < -0.3 is 14.8 Å². The molecular formula is C19H21N3O4. The molecule has 0 unspecified atom stereocenters. The van der Waals surface area contributed by atoms with Crippen LogP contribution in [0.4, 0.5) is 0 Å². The maximum Gasteiger partial charge on any atom is 0.339 e. The van der Waals surface area contributed by atoms with E-state index in [1.165, 1.54) is 12.5 Å². The number of aromatic amines is 1. The summed E-state index contributed by atoms with van der Waals surface area (Å²) in [6.07, 6.45) is 7.27. The third kappa shape index (κ3) is 2.64. The minimum atomic E-state index is -1.09. The molecular weight excluding hydrogens is 334 g/mol. The van der Waals surface area contributed by atoms with Gasteiger partial charge in [0, 0.05) is 12.0 Å². The first-order chi connectivity index (χ1) is 12.6. The molecule has 4 rings (SSSR count). The predicted octanol–water partition coefficient (Wildman–Crippen LogP) is 3.32. The number of ether oxygens (including phenoxy) is 1. The summed E-state index contributed by atoms with van der Waals surface area (Å²) in [7, 11) is 0. The number of rotatable bonds is 4. The minimum Gasteiger partial charge on any atom is -0.493 e. The summed E-state index contributed by atoms with van der Waals surface area (Å²) in [5, 5.41) is 9.46. The number of H-pyrrole nitrogens is 1. The molecule has 0 saturated heterocycles. The molecule has 1 saturated carbocycles. The SMILES string of the molecule is CCOc1cc2c(cc1C(=O)O)[nH]c(=O)c1cnc(C3CCCCC3)n12. The lowest BCUT2D eigenvalue weighted by atomic mass is 9.89. The van der Waals surface area contributed by atoms with Crippen LogP contribution in [0.1, 0.15) is 61.1 Å². The first kappa shape index (κ1) is 16.6. The van der Waals surface area contributed by atoms with Crippen LogP contribution in [0.25, 0.3) is 16.6 Å². The average molecular weight is 355 g/mol. The smallest absolute Gasteiger partial charge is 0.339 e. The Morgan fingerprint density at radius 2 is 2.08 bits per heavy atom. The molecule has 0 amide bonds. The number of fused-ring (bicyclic) bond motifs is 3. The molecule has 1 aromatic carbocycles. The van der Waals surface area contributed by atoms with Crippen LogP contribution in [-0.4, -0.2) is 32.1 Å². The van der Waals surface area contributed by atoms with Gasteiger partial charge in [-0.05, 0) is 25.8 Å². The highest BCUT2D eigenvalue weighted by molar-refractivity contribution is 5.96. The van der Waals surface area contributed by atoms with E-state index in [9.17, 15) is 14.7 Å². The van der Waals surface area contributed by atoms with E-state index in [2.05, 4.69) is 9.97 Å². The third-order valence-corrected chi connectivity index (χ3v) is 5.11. The van der Waals surface area contributed by atoms with Crippen molar-refractivity contribution in [2.75, 3.05) is 6.61 Å². The fraction of sp³-hybridized carbons (Fsp3) is 0.421. The van der Waals surface area contributed by atoms with Crippen molar-refractivity contribution in [3.8, 4) is 5.75 Å². The van der Waals surface area contributed by atoms with Crippen LogP contribution in [-0.2, 0) is 0 Å². The Hall–Kier alpha value is -2.83. The molecule has 0 aliphatic heterocycles. The van der Waals surface area contributed by atoms with Crippen LogP contribution in [0, 0.1) is 0 Å². The van der Waals surface area contributed by atoms with Crippen molar-refractivity contribution >= 4 is 22.5 Å². The zero-order chi connectivity index (χ0) is 18.3. The van der Waals surface area contributed by atoms with Gasteiger partial charge in [0.15, 0.2) is 0 Å². The number of carboxylic acid groups (broad SMARTS) is 1. The Morgan fingerprint density at radius 1 is 1.31 bits per heavy atom. The number of nitrogens with one attached hydrogen (secondary N) is 1. The molecule has 136 valence electrons. The van der Waals surface area contributed by atoms with Gasteiger partial charge in [0.05, 0.1) is 23.8 Å². The van der Waals surface area contributed by atoms with E-state index in [0.717, 1.165) is 31.5 Å². The number of carbonyl (C=O) groups is 1. The minimum absolute atomic E-state index is 0.0358. The van der Waals surface area contributed by atoms with Crippen molar-refractivity contribution in [1.29, 1.82) is 0 Å². The molecule has 2 aromatic heterocycles. The second-order valence-corrected chi connectivity index (χ2v) is 6.73. The van der Waals surface area contributed by atoms with E-state index in [0.29, 0.717) is 34.8 Å². The summed E-state index contributed by atoms with van der Waals surface area (Å²) < 4.78 is 7.41. The summed E-state index contributed by atoms with van der Waals surface area (Å²) in [4.78, 5) is 31.4. The van der Waals surface area contributed by atoms with Gasteiger partial charge in [-0.3, -0.25) is 9.20 Å². The van der Waals surface area contributed by atoms with Gasteiger partial charge in [-0.2, -0.15) is 0 Å².